The van der Waals surface area contributed by atoms with Crippen LogP contribution in [-0.2, 0) is 6.54 Å². The Balaban J connectivity index is 2.24. The average Bonchev–Trinajstić information content (AvgIpc) is 2.42. The van der Waals surface area contributed by atoms with E-state index in [4.69, 9.17) is 5.73 Å². The molecular formula is C15H14F2N2O2. The topological polar surface area (TPSA) is 66.6 Å². The lowest BCUT2D eigenvalue weighted by atomic mass is 10.1. The first-order valence-corrected chi connectivity index (χ1v) is 6.16. The molecule has 21 heavy (non-hydrogen) atoms. The predicted octanol–water partition coefficient (Wildman–Crippen LogP) is 2.52. The SMILES string of the molecule is CN(Cc1cccc(O)c1)C(=O)c1cc(F)cc(N)c1F. The number of hydrogen-bond acceptors (Lipinski definition) is 3. The molecule has 0 atom stereocenters. The molecule has 0 saturated heterocycles. The van der Waals surface area contributed by atoms with Gasteiger partial charge in [-0.1, -0.05) is 12.1 Å². The van der Waals surface area contributed by atoms with Crippen LogP contribution in [0.5, 0.6) is 5.75 Å². The minimum absolute atomic E-state index is 0.0644. The first-order valence-electron chi connectivity index (χ1n) is 6.16. The summed E-state index contributed by atoms with van der Waals surface area (Å²) in [6.07, 6.45) is 0. The number of carbonyl (C=O) groups excluding carboxylic acids is 1. The van der Waals surface area contributed by atoms with Crippen molar-refractivity contribution in [3.63, 3.8) is 0 Å². The molecule has 0 saturated carbocycles. The third-order valence-electron chi connectivity index (χ3n) is 2.97. The summed E-state index contributed by atoms with van der Waals surface area (Å²) in [5.41, 5.74) is 5.14. The van der Waals surface area contributed by atoms with Crippen LogP contribution < -0.4 is 5.73 Å². The lowest BCUT2D eigenvalue weighted by molar-refractivity contribution is 0.0780. The van der Waals surface area contributed by atoms with Crippen molar-refractivity contribution in [3.8, 4) is 5.75 Å². The minimum Gasteiger partial charge on any atom is -0.508 e. The molecule has 0 fully saturated rings. The number of nitrogens with two attached hydrogens (primary N) is 1. The Morgan fingerprint density at radius 1 is 1.29 bits per heavy atom. The molecule has 0 heterocycles. The van der Waals surface area contributed by atoms with Gasteiger partial charge in [0.1, 0.15) is 11.6 Å². The van der Waals surface area contributed by atoms with E-state index >= 15 is 0 Å². The molecule has 0 aliphatic rings. The summed E-state index contributed by atoms with van der Waals surface area (Å²) in [6.45, 7) is 0.142. The highest BCUT2D eigenvalue weighted by molar-refractivity contribution is 5.95. The van der Waals surface area contributed by atoms with Gasteiger partial charge in [-0.15, -0.1) is 0 Å². The monoisotopic (exact) mass is 292 g/mol. The maximum absolute atomic E-state index is 13.8. The fourth-order valence-electron chi connectivity index (χ4n) is 1.97. The van der Waals surface area contributed by atoms with Crippen molar-refractivity contribution >= 4 is 11.6 Å². The number of phenols is 1. The van der Waals surface area contributed by atoms with Gasteiger partial charge in [0.2, 0.25) is 0 Å². The number of amides is 1. The number of nitrogens with zero attached hydrogens (tertiary/aromatic N) is 1. The van der Waals surface area contributed by atoms with E-state index < -0.39 is 28.8 Å². The summed E-state index contributed by atoms with van der Waals surface area (Å²) in [5, 5.41) is 9.37. The van der Waals surface area contributed by atoms with Gasteiger partial charge in [0, 0.05) is 13.6 Å². The van der Waals surface area contributed by atoms with Gasteiger partial charge in [0.05, 0.1) is 11.3 Å². The highest BCUT2D eigenvalue weighted by Gasteiger charge is 2.19. The third kappa shape index (κ3) is 3.28. The molecule has 0 aliphatic heterocycles. The van der Waals surface area contributed by atoms with E-state index in [-0.39, 0.29) is 12.3 Å². The highest BCUT2D eigenvalue weighted by atomic mass is 19.1. The number of phenolic OH excluding ortho intramolecular Hbond substituents is 1. The van der Waals surface area contributed by atoms with Gasteiger partial charge < -0.3 is 15.7 Å². The molecule has 2 rings (SSSR count). The van der Waals surface area contributed by atoms with Crippen LogP contribution in [0.25, 0.3) is 0 Å². The summed E-state index contributed by atoms with van der Waals surface area (Å²) in [5.74, 6) is -2.34. The van der Waals surface area contributed by atoms with E-state index in [1.54, 1.807) is 12.1 Å². The summed E-state index contributed by atoms with van der Waals surface area (Å²) < 4.78 is 27.1. The molecule has 0 bridgehead atoms. The molecule has 0 aromatic heterocycles. The van der Waals surface area contributed by atoms with Crippen LogP contribution in [0, 0.1) is 11.6 Å². The lowest BCUT2D eigenvalue weighted by Gasteiger charge is -2.18. The Morgan fingerprint density at radius 3 is 2.67 bits per heavy atom. The van der Waals surface area contributed by atoms with Crippen molar-refractivity contribution in [2.24, 2.45) is 0 Å². The number of aromatic hydroxyl groups is 1. The molecule has 2 aromatic carbocycles. The fourth-order valence-corrected chi connectivity index (χ4v) is 1.97. The number of nitrogen functional groups attached to an aromatic ring is 1. The van der Waals surface area contributed by atoms with Crippen LogP contribution in [0.15, 0.2) is 36.4 Å². The molecular weight excluding hydrogens is 278 g/mol. The summed E-state index contributed by atoms with van der Waals surface area (Å²) in [6, 6.07) is 7.95. The van der Waals surface area contributed by atoms with E-state index in [0.29, 0.717) is 5.56 Å². The van der Waals surface area contributed by atoms with Gasteiger partial charge in [-0.3, -0.25) is 4.79 Å². The Labute approximate surface area is 120 Å². The zero-order valence-corrected chi connectivity index (χ0v) is 11.3. The standard InChI is InChI=1S/C15H14F2N2O2/c1-19(8-9-3-2-4-11(20)5-9)15(21)12-6-10(16)7-13(18)14(12)17/h2-7,20H,8,18H2,1H3. The normalized spacial score (nSPS) is 10.4. The molecule has 0 unspecified atom stereocenters. The molecule has 2 aromatic rings. The number of anilines is 1. The van der Waals surface area contributed by atoms with Crippen LogP contribution in [0.4, 0.5) is 14.5 Å². The summed E-state index contributed by atoms with van der Waals surface area (Å²) >= 11 is 0. The van der Waals surface area contributed by atoms with Gasteiger partial charge in [0.15, 0.2) is 5.82 Å². The van der Waals surface area contributed by atoms with Crippen LogP contribution in [0.2, 0.25) is 0 Å². The first kappa shape index (κ1) is 14.8. The van der Waals surface area contributed by atoms with Crippen molar-refractivity contribution in [2.75, 3.05) is 12.8 Å². The van der Waals surface area contributed by atoms with Crippen molar-refractivity contribution in [2.45, 2.75) is 6.54 Å². The molecule has 0 spiro atoms. The minimum atomic E-state index is -0.941. The zero-order valence-electron chi connectivity index (χ0n) is 11.3. The highest BCUT2D eigenvalue weighted by Crippen LogP contribution is 2.20. The molecule has 4 nitrogen and oxygen atoms in total. The summed E-state index contributed by atoms with van der Waals surface area (Å²) in [7, 11) is 1.45. The lowest BCUT2D eigenvalue weighted by Crippen LogP contribution is -2.27. The Hall–Kier alpha value is -2.63. The van der Waals surface area contributed by atoms with Gasteiger partial charge in [-0.05, 0) is 29.8 Å². The van der Waals surface area contributed by atoms with E-state index in [2.05, 4.69) is 0 Å². The number of hydrogen-bond donors (Lipinski definition) is 2. The molecule has 110 valence electrons. The van der Waals surface area contributed by atoms with Crippen LogP contribution in [0.1, 0.15) is 15.9 Å². The average molecular weight is 292 g/mol. The van der Waals surface area contributed by atoms with E-state index in [0.717, 1.165) is 12.1 Å². The maximum Gasteiger partial charge on any atom is 0.257 e. The Bertz CT molecular complexity index is 689. The molecule has 3 N–H and O–H groups in total. The largest absolute Gasteiger partial charge is 0.508 e. The van der Waals surface area contributed by atoms with Gasteiger partial charge >= 0.3 is 0 Å². The van der Waals surface area contributed by atoms with E-state index in [9.17, 15) is 18.7 Å². The summed E-state index contributed by atoms with van der Waals surface area (Å²) in [4.78, 5) is 13.4. The van der Waals surface area contributed by atoms with Crippen molar-refractivity contribution in [1.82, 2.24) is 4.90 Å². The Kier molecular flexibility index (Phi) is 4.07. The van der Waals surface area contributed by atoms with Crippen molar-refractivity contribution < 1.29 is 18.7 Å². The maximum atomic E-state index is 13.8. The molecule has 0 aliphatic carbocycles. The van der Waals surface area contributed by atoms with Crippen molar-refractivity contribution in [1.29, 1.82) is 0 Å². The first-order chi connectivity index (χ1) is 9.88. The smallest absolute Gasteiger partial charge is 0.257 e. The number of carbonyl (C=O) groups is 1. The number of halogens is 2. The van der Waals surface area contributed by atoms with Crippen molar-refractivity contribution in [3.05, 3.63) is 59.2 Å². The van der Waals surface area contributed by atoms with Gasteiger partial charge in [-0.25, -0.2) is 8.78 Å². The van der Waals surface area contributed by atoms with Crippen LogP contribution in [-0.4, -0.2) is 23.0 Å². The van der Waals surface area contributed by atoms with Gasteiger partial charge in [0.25, 0.3) is 5.91 Å². The number of rotatable bonds is 3. The second kappa shape index (κ2) is 5.78. The van der Waals surface area contributed by atoms with Gasteiger partial charge in [-0.2, -0.15) is 0 Å². The van der Waals surface area contributed by atoms with Crippen LogP contribution >= 0.6 is 0 Å². The number of benzene rings is 2. The molecule has 6 heteroatoms. The Morgan fingerprint density at radius 2 is 2.00 bits per heavy atom. The second-order valence-corrected chi connectivity index (χ2v) is 4.69. The third-order valence-corrected chi connectivity index (χ3v) is 2.97. The second-order valence-electron chi connectivity index (χ2n) is 4.69. The van der Waals surface area contributed by atoms with E-state index in [1.165, 1.54) is 24.1 Å². The van der Waals surface area contributed by atoms with E-state index in [1.807, 2.05) is 0 Å². The van der Waals surface area contributed by atoms with Crippen LogP contribution in [0.3, 0.4) is 0 Å². The predicted molar refractivity (Wildman–Crippen MR) is 74.7 cm³/mol. The quantitative estimate of drug-likeness (QED) is 0.854. The fraction of sp³-hybridized carbons (Fsp3) is 0.133. The zero-order chi connectivity index (χ0) is 15.6. The molecule has 1 amide bonds. The molecule has 0 radical (unpaired) electrons.